The number of aromatic nitrogens is 3. The molecular weight excluding hydrogens is 464 g/mol. The van der Waals surface area contributed by atoms with E-state index in [-0.39, 0.29) is 16.6 Å². The predicted octanol–water partition coefficient (Wildman–Crippen LogP) is 2.31. The Labute approximate surface area is 205 Å². The highest BCUT2D eigenvalue weighted by atomic mass is 16.5. The number of likely N-dealkylation sites (N-methyl/N-ethyl adjacent to an activating group) is 1. The van der Waals surface area contributed by atoms with E-state index in [4.69, 9.17) is 9.47 Å². The molecule has 0 aliphatic rings. The number of hydrogen-bond acceptors (Lipinski definition) is 7. The van der Waals surface area contributed by atoms with Gasteiger partial charge >= 0.3 is 11.7 Å². The summed E-state index contributed by atoms with van der Waals surface area (Å²) in [6.45, 7) is 1.08. The van der Waals surface area contributed by atoms with E-state index in [0.29, 0.717) is 22.8 Å². The summed E-state index contributed by atoms with van der Waals surface area (Å²) in [6.07, 6.45) is 0. The average Bonchev–Trinajstić information content (AvgIpc) is 2.90. The summed E-state index contributed by atoms with van der Waals surface area (Å²) in [7, 11) is 4.23. The van der Waals surface area contributed by atoms with Crippen LogP contribution in [0.5, 0.6) is 5.75 Å². The van der Waals surface area contributed by atoms with Gasteiger partial charge in [0.2, 0.25) is 5.91 Å². The van der Waals surface area contributed by atoms with Gasteiger partial charge in [-0.15, -0.1) is 0 Å². The van der Waals surface area contributed by atoms with Crippen molar-refractivity contribution in [2.45, 2.75) is 13.5 Å². The second-order valence-electron chi connectivity index (χ2n) is 8.00. The third kappa shape index (κ3) is 4.36. The Balaban J connectivity index is 2.02. The Bertz CT molecular complexity index is 1590. The van der Waals surface area contributed by atoms with E-state index in [1.807, 2.05) is 6.07 Å². The lowest BCUT2D eigenvalue weighted by Gasteiger charge is -2.19. The molecule has 0 bridgehead atoms. The number of methoxy groups -OCH3 is 2. The van der Waals surface area contributed by atoms with E-state index >= 15 is 0 Å². The number of fused-ring (bicyclic) bond motifs is 1. The van der Waals surface area contributed by atoms with Crippen LogP contribution in [-0.4, -0.2) is 47.3 Å². The number of para-hydroxylation sites is 1. The van der Waals surface area contributed by atoms with Crippen molar-refractivity contribution in [2.75, 3.05) is 26.2 Å². The Morgan fingerprint density at radius 3 is 2.39 bits per heavy atom. The highest BCUT2D eigenvalue weighted by Gasteiger charge is 2.24. The predicted molar refractivity (Wildman–Crippen MR) is 134 cm³/mol. The molecule has 36 heavy (non-hydrogen) atoms. The number of aryl methyl sites for hydroxylation is 1. The molecule has 1 amide bonds. The van der Waals surface area contributed by atoms with Crippen molar-refractivity contribution in [3.63, 3.8) is 0 Å². The molecular formula is C26H24N4O6. The average molecular weight is 489 g/mol. The molecule has 0 atom stereocenters. The molecule has 0 radical (unpaired) electrons. The lowest BCUT2D eigenvalue weighted by molar-refractivity contribution is -0.119. The molecule has 10 nitrogen and oxygen atoms in total. The minimum absolute atomic E-state index is 0.0289. The maximum absolute atomic E-state index is 13.7. The van der Waals surface area contributed by atoms with Crippen molar-refractivity contribution in [3.05, 3.63) is 92.8 Å². The van der Waals surface area contributed by atoms with Gasteiger partial charge in [-0.25, -0.2) is 23.7 Å². The number of anilines is 1. The highest BCUT2D eigenvalue weighted by Crippen LogP contribution is 2.21. The van der Waals surface area contributed by atoms with Crippen molar-refractivity contribution >= 4 is 28.6 Å². The van der Waals surface area contributed by atoms with Crippen LogP contribution < -0.4 is 20.9 Å². The summed E-state index contributed by atoms with van der Waals surface area (Å²) in [4.78, 5) is 58.8. The van der Waals surface area contributed by atoms with Crippen LogP contribution in [0.25, 0.3) is 16.7 Å². The molecule has 10 heteroatoms. The number of benzene rings is 2. The van der Waals surface area contributed by atoms with Crippen molar-refractivity contribution in [1.82, 2.24) is 14.1 Å². The molecule has 0 aliphatic heterocycles. The number of pyridine rings is 1. The Hall–Kier alpha value is -4.73. The van der Waals surface area contributed by atoms with Crippen LogP contribution in [0.1, 0.15) is 16.1 Å². The van der Waals surface area contributed by atoms with E-state index < -0.39 is 29.7 Å². The van der Waals surface area contributed by atoms with E-state index in [0.717, 1.165) is 4.57 Å². The van der Waals surface area contributed by atoms with Crippen LogP contribution in [0.3, 0.4) is 0 Å². The second-order valence-corrected chi connectivity index (χ2v) is 8.00. The first kappa shape index (κ1) is 24.4. The van der Waals surface area contributed by atoms with E-state index in [2.05, 4.69) is 4.98 Å². The third-order valence-corrected chi connectivity index (χ3v) is 5.75. The molecule has 2 heterocycles. The number of hydrogen-bond donors (Lipinski definition) is 0. The molecule has 0 unspecified atom stereocenters. The summed E-state index contributed by atoms with van der Waals surface area (Å²) < 4.78 is 12.2. The Kier molecular flexibility index (Phi) is 6.69. The van der Waals surface area contributed by atoms with Crippen LogP contribution in [0, 0.1) is 6.92 Å². The van der Waals surface area contributed by atoms with E-state index in [1.54, 1.807) is 62.5 Å². The van der Waals surface area contributed by atoms with Crippen molar-refractivity contribution in [2.24, 2.45) is 0 Å². The maximum Gasteiger partial charge on any atom is 0.338 e. The minimum Gasteiger partial charge on any atom is -0.497 e. The first-order chi connectivity index (χ1) is 17.3. The lowest BCUT2D eigenvalue weighted by atomic mass is 10.1. The van der Waals surface area contributed by atoms with Gasteiger partial charge in [-0.1, -0.05) is 24.3 Å². The van der Waals surface area contributed by atoms with Gasteiger partial charge < -0.3 is 14.4 Å². The minimum atomic E-state index is -0.822. The molecule has 0 fully saturated rings. The fraction of sp³-hybridized carbons (Fsp3) is 0.192. The fourth-order valence-electron chi connectivity index (χ4n) is 3.89. The van der Waals surface area contributed by atoms with Gasteiger partial charge in [-0.2, -0.15) is 0 Å². The SMILES string of the molecule is COC(=O)c1cc(C)nc2c1c(=O)n(CC(=O)N(C)c1ccccc1)c(=O)n2-c1cccc(OC)c1. The van der Waals surface area contributed by atoms with Gasteiger partial charge in [-0.05, 0) is 37.3 Å². The molecule has 4 aromatic rings. The zero-order valence-electron chi connectivity index (χ0n) is 20.2. The Morgan fingerprint density at radius 2 is 1.72 bits per heavy atom. The summed E-state index contributed by atoms with van der Waals surface area (Å²) in [5, 5.41) is -0.134. The van der Waals surface area contributed by atoms with Crippen LogP contribution in [-0.2, 0) is 16.1 Å². The van der Waals surface area contributed by atoms with E-state index in [1.165, 1.54) is 29.8 Å². The van der Waals surface area contributed by atoms with Gasteiger partial charge in [0.15, 0.2) is 5.65 Å². The summed E-state index contributed by atoms with van der Waals surface area (Å²) in [5.41, 5.74) is -0.358. The molecule has 0 spiro atoms. The first-order valence-corrected chi connectivity index (χ1v) is 11.0. The number of amides is 1. The first-order valence-electron chi connectivity index (χ1n) is 11.0. The number of rotatable bonds is 6. The molecule has 0 aliphatic carbocycles. The standard InChI is InChI=1S/C26H24N4O6/c1-16-13-20(25(33)36-4)22-23(27-16)30(18-11-8-12-19(14-18)35-3)26(34)29(24(22)32)15-21(31)28(2)17-9-6-5-7-10-17/h5-14H,15H2,1-4H3. The zero-order chi connectivity index (χ0) is 26.0. The smallest absolute Gasteiger partial charge is 0.338 e. The summed E-state index contributed by atoms with van der Waals surface area (Å²) in [6, 6.07) is 16.8. The normalized spacial score (nSPS) is 10.8. The molecule has 4 rings (SSSR count). The molecule has 0 N–H and O–H groups in total. The van der Waals surface area contributed by atoms with Gasteiger partial charge in [0.25, 0.3) is 5.56 Å². The fourth-order valence-corrected chi connectivity index (χ4v) is 3.89. The quantitative estimate of drug-likeness (QED) is 0.383. The van der Waals surface area contributed by atoms with Crippen LogP contribution in [0.4, 0.5) is 5.69 Å². The van der Waals surface area contributed by atoms with Crippen LogP contribution in [0.2, 0.25) is 0 Å². The largest absolute Gasteiger partial charge is 0.497 e. The van der Waals surface area contributed by atoms with Crippen LogP contribution in [0.15, 0.2) is 70.3 Å². The van der Waals surface area contributed by atoms with Gasteiger partial charge in [0, 0.05) is 24.5 Å². The molecule has 0 saturated heterocycles. The summed E-state index contributed by atoms with van der Waals surface area (Å²) in [5.74, 6) is -0.805. The van der Waals surface area contributed by atoms with Gasteiger partial charge in [0.1, 0.15) is 12.3 Å². The monoisotopic (exact) mass is 488 g/mol. The van der Waals surface area contributed by atoms with Gasteiger partial charge in [-0.3, -0.25) is 9.59 Å². The zero-order valence-corrected chi connectivity index (χ0v) is 20.2. The van der Waals surface area contributed by atoms with Crippen molar-refractivity contribution < 1.29 is 19.1 Å². The van der Waals surface area contributed by atoms with Gasteiger partial charge in [0.05, 0.1) is 30.9 Å². The molecule has 2 aromatic heterocycles. The maximum atomic E-state index is 13.7. The Morgan fingerprint density at radius 1 is 1.00 bits per heavy atom. The molecule has 184 valence electrons. The van der Waals surface area contributed by atoms with Crippen LogP contribution >= 0.6 is 0 Å². The second kappa shape index (κ2) is 9.87. The van der Waals surface area contributed by atoms with Crippen molar-refractivity contribution in [3.8, 4) is 11.4 Å². The number of nitrogens with zero attached hydrogens (tertiary/aromatic N) is 4. The third-order valence-electron chi connectivity index (χ3n) is 5.75. The number of esters is 1. The lowest BCUT2D eigenvalue weighted by Crippen LogP contribution is -2.44. The topological polar surface area (TPSA) is 113 Å². The molecule has 0 saturated carbocycles. The van der Waals surface area contributed by atoms with Crippen molar-refractivity contribution in [1.29, 1.82) is 0 Å². The number of carbonyl (C=O) groups excluding carboxylic acids is 2. The van der Waals surface area contributed by atoms with E-state index in [9.17, 15) is 19.2 Å². The highest BCUT2D eigenvalue weighted by molar-refractivity contribution is 6.02. The molecule has 2 aromatic carbocycles. The summed E-state index contributed by atoms with van der Waals surface area (Å²) >= 11 is 0. The number of ether oxygens (including phenoxy) is 2. The number of carbonyl (C=O) groups is 2.